The highest BCUT2D eigenvalue weighted by Gasteiger charge is 2.49. The second kappa shape index (κ2) is 6.11. The smallest absolute Gasteiger partial charge is 0.335 e. The zero-order chi connectivity index (χ0) is 17.4. The summed E-state index contributed by atoms with van der Waals surface area (Å²) in [4.78, 5) is 5.95. The van der Waals surface area contributed by atoms with E-state index < -0.39 is 0 Å². The molecule has 1 aromatic rings. The number of aliphatic hydroxyl groups excluding tert-OH is 1. The van der Waals surface area contributed by atoms with Gasteiger partial charge in [-0.1, -0.05) is 16.8 Å². The number of fused-ring (bicyclic) bond motifs is 3. The summed E-state index contributed by atoms with van der Waals surface area (Å²) in [6.45, 7) is 0.422. The minimum Gasteiger partial charge on any atom is -0.452 e. The molecule has 25 heavy (non-hydrogen) atoms. The monoisotopic (exact) mass is 341 g/mol. The Morgan fingerprint density at radius 1 is 1.36 bits per heavy atom. The number of nitrogens with zero attached hydrogens (tertiary/aromatic N) is 3. The van der Waals surface area contributed by atoms with Crippen molar-refractivity contribution in [2.75, 3.05) is 32.7 Å². The summed E-state index contributed by atoms with van der Waals surface area (Å²) >= 11 is 0. The first-order chi connectivity index (χ1) is 12.2. The predicted molar refractivity (Wildman–Crippen MR) is 92.5 cm³/mol. The van der Waals surface area contributed by atoms with Crippen LogP contribution in [0.3, 0.4) is 0 Å². The van der Waals surface area contributed by atoms with Gasteiger partial charge in [0, 0.05) is 18.2 Å². The molecule has 0 amide bonds. The Labute approximate surface area is 145 Å². The Morgan fingerprint density at radius 3 is 3.00 bits per heavy atom. The summed E-state index contributed by atoms with van der Waals surface area (Å²) < 4.78 is 5.74. The fourth-order valence-electron chi connectivity index (χ4n) is 3.69. The fourth-order valence-corrected chi connectivity index (χ4v) is 3.69. The molecule has 2 aliphatic heterocycles. The maximum Gasteiger partial charge on any atom is 0.335 e. The number of hydrogen-bond donors (Lipinski definition) is 2. The molecular weight excluding hydrogens is 320 g/mol. The summed E-state index contributed by atoms with van der Waals surface area (Å²) in [5, 5.41) is 22.5. The number of rotatable bonds is 5. The van der Waals surface area contributed by atoms with Gasteiger partial charge in [0.2, 0.25) is 0 Å². The Morgan fingerprint density at radius 2 is 2.24 bits per heavy atom. The zero-order valence-electron chi connectivity index (χ0n) is 14.3. The molecule has 2 N–H and O–H groups in total. The summed E-state index contributed by atoms with van der Waals surface area (Å²) in [7, 11) is 3.32. The molecule has 1 aromatic heterocycles. The number of quaternary nitrogens is 1. The molecule has 0 bridgehead atoms. The van der Waals surface area contributed by atoms with E-state index in [0.717, 1.165) is 34.5 Å². The summed E-state index contributed by atoms with van der Waals surface area (Å²) in [5.41, 5.74) is 3.33. The molecule has 3 heterocycles. The molecule has 0 saturated heterocycles. The Kier molecular flexibility index (Phi) is 3.91. The highest BCUT2D eigenvalue weighted by molar-refractivity contribution is 5.74. The molecular formula is C18H21N4O3+. The number of hydrogen-bond acceptors (Lipinski definition) is 6. The average molecular weight is 341 g/mol. The Hall–Kier alpha value is -2.48. The second-order valence-corrected chi connectivity index (χ2v) is 6.06. The molecule has 0 saturated carbocycles. The summed E-state index contributed by atoms with van der Waals surface area (Å²) in [6, 6.07) is 0. The molecule has 1 aliphatic carbocycles. The van der Waals surface area contributed by atoms with Crippen LogP contribution in [0, 0.1) is 0 Å². The number of hydroxylamine groups is 3. The van der Waals surface area contributed by atoms with E-state index >= 15 is 0 Å². The molecule has 0 aromatic carbocycles. The topological polar surface area (TPSA) is 76.5 Å². The van der Waals surface area contributed by atoms with Crippen molar-refractivity contribution >= 4 is 17.7 Å². The van der Waals surface area contributed by atoms with E-state index in [1.807, 2.05) is 6.20 Å². The van der Waals surface area contributed by atoms with Gasteiger partial charge in [0.05, 0.1) is 37.5 Å². The van der Waals surface area contributed by atoms with Crippen molar-refractivity contribution < 1.29 is 19.3 Å². The number of anilines is 1. The van der Waals surface area contributed by atoms with Gasteiger partial charge in [-0.3, -0.25) is 0 Å². The fraction of sp³-hybridized carbons (Fsp3) is 0.333. The lowest BCUT2D eigenvalue weighted by Gasteiger charge is -2.34. The van der Waals surface area contributed by atoms with Crippen molar-refractivity contribution in [2.24, 2.45) is 0 Å². The van der Waals surface area contributed by atoms with Crippen molar-refractivity contribution in [2.45, 2.75) is 12.8 Å². The van der Waals surface area contributed by atoms with Gasteiger partial charge in [0.1, 0.15) is 0 Å². The van der Waals surface area contributed by atoms with E-state index in [4.69, 9.17) is 14.7 Å². The Balaban J connectivity index is 2.08. The number of aliphatic hydroxyl groups is 1. The first-order valence-electron chi connectivity index (χ1n) is 8.30. The normalized spacial score (nSPS) is 23.5. The molecule has 1 atom stereocenters. The van der Waals surface area contributed by atoms with Crippen LogP contribution in [0.2, 0.25) is 0 Å². The van der Waals surface area contributed by atoms with Crippen LogP contribution >= 0.6 is 0 Å². The highest BCUT2D eigenvalue weighted by atomic mass is 16.7. The highest BCUT2D eigenvalue weighted by Crippen LogP contribution is 2.43. The largest absolute Gasteiger partial charge is 0.452 e. The SMILES string of the molecule is COC1=CC2=C(C=CCC2)C2=c3c(NCCO)nncc3=C[N+]12OC. The van der Waals surface area contributed by atoms with Gasteiger partial charge in [-0.2, -0.15) is 9.94 Å². The van der Waals surface area contributed by atoms with Gasteiger partial charge in [-0.15, -0.1) is 5.10 Å². The molecule has 0 radical (unpaired) electrons. The third-order valence-corrected chi connectivity index (χ3v) is 4.76. The number of aromatic nitrogens is 2. The van der Waals surface area contributed by atoms with Gasteiger partial charge >= 0.3 is 5.88 Å². The lowest BCUT2D eigenvalue weighted by atomic mass is 9.91. The average Bonchev–Trinajstić information content (AvgIpc) is 3.02. The van der Waals surface area contributed by atoms with Gasteiger partial charge in [0.25, 0.3) is 0 Å². The van der Waals surface area contributed by atoms with E-state index in [1.54, 1.807) is 20.4 Å². The Bertz CT molecular complexity index is 932. The molecule has 1 unspecified atom stereocenters. The van der Waals surface area contributed by atoms with Crippen LogP contribution in [0.5, 0.6) is 0 Å². The van der Waals surface area contributed by atoms with E-state index in [0.29, 0.717) is 18.2 Å². The van der Waals surface area contributed by atoms with E-state index in [-0.39, 0.29) is 11.3 Å². The summed E-state index contributed by atoms with van der Waals surface area (Å²) in [6.07, 6.45) is 12.1. The van der Waals surface area contributed by atoms with Gasteiger partial charge < -0.3 is 15.2 Å². The van der Waals surface area contributed by atoms with Crippen LogP contribution in [0.1, 0.15) is 12.8 Å². The molecule has 7 nitrogen and oxygen atoms in total. The van der Waals surface area contributed by atoms with Crippen molar-refractivity contribution in [3.05, 3.63) is 51.9 Å². The maximum atomic E-state index is 9.17. The van der Waals surface area contributed by atoms with Crippen LogP contribution in [0.4, 0.5) is 5.82 Å². The van der Waals surface area contributed by atoms with E-state index in [1.165, 1.54) is 5.57 Å². The number of allylic oxidation sites excluding steroid dienone is 3. The molecule has 3 aliphatic rings. The first kappa shape index (κ1) is 16.0. The zero-order valence-corrected chi connectivity index (χ0v) is 14.3. The van der Waals surface area contributed by atoms with Crippen LogP contribution in [0.15, 0.2) is 41.5 Å². The third kappa shape index (κ3) is 2.24. The number of methoxy groups -OCH3 is 1. The second-order valence-electron chi connectivity index (χ2n) is 6.06. The minimum absolute atomic E-state index is 0.0196. The molecule has 0 fully saturated rings. The van der Waals surface area contributed by atoms with Gasteiger partial charge in [0.15, 0.2) is 17.7 Å². The first-order valence-corrected chi connectivity index (χ1v) is 8.30. The predicted octanol–water partition coefficient (Wildman–Crippen LogP) is 0.267. The maximum absolute atomic E-state index is 9.17. The number of nitrogens with one attached hydrogen (secondary N) is 1. The van der Waals surface area contributed by atoms with Crippen molar-refractivity contribution in [1.82, 2.24) is 10.2 Å². The van der Waals surface area contributed by atoms with Crippen molar-refractivity contribution in [3.63, 3.8) is 0 Å². The van der Waals surface area contributed by atoms with Crippen LogP contribution in [-0.2, 0) is 9.57 Å². The van der Waals surface area contributed by atoms with Gasteiger partial charge in [-0.25, -0.2) is 0 Å². The number of ether oxygens (including phenoxy) is 1. The quantitative estimate of drug-likeness (QED) is 0.749. The van der Waals surface area contributed by atoms with E-state index in [2.05, 4.69) is 33.7 Å². The molecule has 7 heteroatoms. The standard InChI is InChI=1S/C18H21N4O3/c1-24-15-9-12-5-3-4-6-14(12)17-16-13(11-22(15,17)25-2)10-20-21-18(16)19-7-8-23/h4,6,9-11,23H,3,5,7-8H2,1-2H3,(H,19,21)/q+1. The summed E-state index contributed by atoms with van der Waals surface area (Å²) in [5.74, 6) is 1.34. The van der Waals surface area contributed by atoms with Crippen LogP contribution in [-0.4, -0.2) is 47.3 Å². The van der Waals surface area contributed by atoms with Crippen LogP contribution in [0.25, 0.3) is 11.9 Å². The molecule has 0 spiro atoms. The minimum atomic E-state index is 0.0196. The molecule has 4 rings (SSSR count). The van der Waals surface area contributed by atoms with Gasteiger partial charge in [-0.05, 0) is 18.4 Å². The lowest BCUT2D eigenvalue weighted by molar-refractivity contribution is -0.962. The van der Waals surface area contributed by atoms with E-state index in [9.17, 15) is 0 Å². The van der Waals surface area contributed by atoms with Crippen LogP contribution < -0.4 is 15.8 Å². The molecule has 130 valence electrons. The van der Waals surface area contributed by atoms with Crippen molar-refractivity contribution in [3.8, 4) is 0 Å². The third-order valence-electron chi connectivity index (χ3n) is 4.76. The lowest BCUT2D eigenvalue weighted by Crippen LogP contribution is -2.42. The van der Waals surface area contributed by atoms with Crippen molar-refractivity contribution in [1.29, 1.82) is 0 Å².